The molecule has 9 nitrogen and oxygen atoms in total. The number of amidine groups is 1. The van der Waals surface area contributed by atoms with E-state index in [-0.39, 0.29) is 17.5 Å². The van der Waals surface area contributed by atoms with Gasteiger partial charge in [0.2, 0.25) is 0 Å². The molecule has 0 atom stereocenters. The van der Waals surface area contributed by atoms with Crippen LogP contribution in [0.4, 0.5) is 22.7 Å². The highest BCUT2D eigenvalue weighted by atomic mass is 35.5. The number of rotatable bonds is 8. The van der Waals surface area contributed by atoms with E-state index in [2.05, 4.69) is 10.3 Å². The van der Waals surface area contributed by atoms with Gasteiger partial charge < -0.3 is 5.32 Å². The standard InChI is InChI=1S/C38H24Cl3N5O4S3/c1-20-7-10-23(17-28(20)40)43-37-45(25-12-8-21(2)29(41)19-25)36(48)34(51-37)16-22-9-14-32(31(15-22)46(49)50)52-38-44-30-13-11-24(18-33(30)53-38)42-35(47)26-5-3-4-6-27(26)39/h3-19H,1-2H3,(H,42,47)/b34-16-,43-37?. The number of thioether (sulfide) groups is 1. The molecule has 0 aliphatic carbocycles. The highest BCUT2D eigenvalue weighted by Crippen LogP contribution is 2.42. The minimum Gasteiger partial charge on any atom is -0.322 e. The van der Waals surface area contributed by atoms with Gasteiger partial charge in [-0.1, -0.05) is 76.9 Å². The van der Waals surface area contributed by atoms with Gasteiger partial charge in [0.15, 0.2) is 9.51 Å². The van der Waals surface area contributed by atoms with Crippen molar-refractivity contribution in [1.82, 2.24) is 4.98 Å². The van der Waals surface area contributed by atoms with Crippen LogP contribution in [0.15, 0.2) is 116 Å². The number of fused-ring (bicyclic) bond motifs is 1. The Balaban J connectivity index is 1.16. The van der Waals surface area contributed by atoms with E-state index in [4.69, 9.17) is 39.8 Å². The molecule has 1 aromatic heterocycles. The Morgan fingerprint density at radius 2 is 1.68 bits per heavy atom. The summed E-state index contributed by atoms with van der Waals surface area (Å²) >= 11 is 22.6. The number of nitro benzene ring substituents is 1. The molecule has 1 saturated heterocycles. The second-order valence-corrected chi connectivity index (χ2v) is 16.2. The monoisotopic (exact) mass is 815 g/mol. The minimum atomic E-state index is -0.460. The van der Waals surface area contributed by atoms with Crippen LogP contribution in [0.5, 0.6) is 0 Å². The lowest BCUT2D eigenvalue weighted by atomic mass is 10.1. The van der Waals surface area contributed by atoms with Gasteiger partial charge in [0.25, 0.3) is 17.5 Å². The van der Waals surface area contributed by atoms with Gasteiger partial charge in [0.1, 0.15) is 0 Å². The molecule has 264 valence electrons. The van der Waals surface area contributed by atoms with Gasteiger partial charge in [-0.05, 0) is 109 Å². The normalized spacial score (nSPS) is 14.4. The van der Waals surface area contributed by atoms with Crippen LogP contribution in [0.1, 0.15) is 27.0 Å². The van der Waals surface area contributed by atoms with Crippen LogP contribution < -0.4 is 10.2 Å². The van der Waals surface area contributed by atoms with Crippen molar-refractivity contribution in [2.45, 2.75) is 23.1 Å². The first-order valence-electron chi connectivity index (χ1n) is 15.7. The average molecular weight is 817 g/mol. The van der Waals surface area contributed by atoms with E-state index in [0.29, 0.717) is 68.1 Å². The number of nitrogens with one attached hydrogen (secondary N) is 1. The van der Waals surface area contributed by atoms with Crippen molar-refractivity contribution in [3.63, 3.8) is 0 Å². The number of benzene rings is 5. The number of aryl methyl sites for hydroxylation is 2. The quantitative estimate of drug-likeness (QED) is 0.0923. The van der Waals surface area contributed by atoms with Crippen molar-refractivity contribution in [1.29, 1.82) is 0 Å². The lowest BCUT2D eigenvalue weighted by Crippen LogP contribution is -2.28. The summed E-state index contributed by atoms with van der Waals surface area (Å²) in [7, 11) is 0. The molecule has 15 heteroatoms. The van der Waals surface area contributed by atoms with E-state index in [1.165, 1.54) is 22.3 Å². The SMILES string of the molecule is Cc1ccc(N=C2S/C(=C\c3ccc(Sc4nc5ccc(NC(=O)c6ccccc6Cl)cc5s4)c([N+](=O)[O-])c3)C(=O)N2c2ccc(C)c(Cl)c2)cc1Cl. The number of carbonyl (C=O) groups is 2. The molecule has 0 unspecified atom stereocenters. The van der Waals surface area contributed by atoms with Crippen molar-refractivity contribution < 1.29 is 14.5 Å². The van der Waals surface area contributed by atoms with Crippen molar-refractivity contribution in [3.8, 4) is 0 Å². The summed E-state index contributed by atoms with van der Waals surface area (Å²) < 4.78 is 1.37. The molecule has 6 aromatic rings. The molecule has 5 aromatic carbocycles. The molecular weight excluding hydrogens is 793 g/mol. The molecule has 53 heavy (non-hydrogen) atoms. The Morgan fingerprint density at radius 1 is 0.925 bits per heavy atom. The first-order valence-corrected chi connectivity index (χ1v) is 19.3. The lowest BCUT2D eigenvalue weighted by molar-refractivity contribution is -0.387. The van der Waals surface area contributed by atoms with Gasteiger partial charge in [-0.3, -0.25) is 24.6 Å². The predicted octanol–water partition coefficient (Wildman–Crippen LogP) is 12.0. The lowest BCUT2D eigenvalue weighted by Gasteiger charge is -2.16. The second-order valence-electron chi connectivity index (χ2n) is 11.7. The van der Waals surface area contributed by atoms with E-state index in [0.717, 1.165) is 39.4 Å². The highest BCUT2D eigenvalue weighted by molar-refractivity contribution is 8.19. The summed E-state index contributed by atoms with van der Waals surface area (Å²) in [6, 6.07) is 27.6. The molecule has 7 rings (SSSR count). The third-order valence-corrected chi connectivity index (χ3v) is 12.3. The maximum absolute atomic E-state index is 13.9. The Labute approximate surface area is 330 Å². The van der Waals surface area contributed by atoms with Crippen LogP contribution in [0.25, 0.3) is 16.3 Å². The molecule has 2 amide bonds. The van der Waals surface area contributed by atoms with Gasteiger partial charge >= 0.3 is 0 Å². The van der Waals surface area contributed by atoms with Crippen LogP contribution >= 0.6 is 69.7 Å². The number of thiazole rings is 1. The smallest absolute Gasteiger partial charge is 0.283 e. The maximum atomic E-state index is 13.9. The van der Waals surface area contributed by atoms with E-state index in [1.54, 1.807) is 78.9 Å². The summed E-state index contributed by atoms with van der Waals surface area (Å²) in [6.07, 6.45) is 1.61. The molecule has 2 heterocycles. The zero-order valence-electron chi connectivity index (χ0n) is 27.6. The number of hydrogen-bond donors (Lipinski definition) is 1. The van der Waals surface area contributed by atoms with Crippen LogP contribution in [-0.2, 0) is 4.79 Å². The Kier molecular flexibility index (Phi) is 10.6. The van der Waals surface area contributed by atoms with Gasteiger partial charge in [-0.15, -0.1) is 11.3 Å². The van der Waals surface area contributed by atoms with Crippen molar-refractivity contribution in [2.75, 3.05) is 10.2 Å². The molecule has 1 fully saturated rings. The number of halogens is 3. The van der Waals surface area contributed by atoms with Gasteiger partial charge in [0.05, 0.1) is 46.9 Å². The van der Waals surface area contributed by atoms with Gasteiger partial charge in [0, 0.05) is 21.8 Å². The molecule has 1 N–H and O–H groups in total. The van der Waals surface area contributed by atoms with E-state index in [1.807, 2.05) is 32.0 Å². The van der Waals surface area contributed by atoms with Crippen molar-refractivity contribution in [2.24, 2.45) is 4.99 Å². The molecule has 0 bridgehead atoms. The Hall–Kier alpha value is -4.69. The summed E-state index contributed by atoms with van der Waals surface area (Å²) in [5.74, 6) is -0.700. The average Bonchev–Trinajstić information content (AvgIpc) is 3.66. The third-order valence-electron chi connectivity index (χ3n) is 8.02. The summed E-state index contributed by atoms with van der Waals surface area (Å²) in [4.78, 5) is 50.1. The Morgan fingerprint density at radius 3 is 2.42 bits per heavy atom. The number of nitrogens with zero attached hydrogens (tertiary/aromatic N) is 4. The first-order chi connectivity index (χ1) is 25.4. The van der Waals surface area contributed by atoms with E-state index >= 15 is 0 Å². The summed E-state index contributed by atoms with van der Waals surface area (Å²) in [6.45, 7) is 3.76. The van der Waals surface area contributed by atoms with E-state index in [9.17, 15) is 19.7 Å². The second kappa shape index (κ2) is 15.3. The topological polar surface area (TPSA) is 118 Å². The van der Waals surface area contributed by atoms with Crippen LogP contribution in [0, 0.1) is 24.0 Å². The van der Waals surface area contributed by atoms with Crippen molar-refractivity contribution in [3.05, 3.63) is 149 Å². The molecule has 0 radical (unpaired) electrons. The summed E-state index contributed by atoms with van der Waals surface area (Å²) in [5.41, 5.74) is 4.75. The predicted molar refractivity (Wildman–Crippen MR) is 219 cm³/mol. The van der Waals surface area contributed by atoms with Crippen LogP contribution in [0.3, 0.4) is 0 Å². The largest absolute Gasteiger partial charge is 0.322 e. The fourth-order valence-electron chi connectivity index (χ4n) is 5.23. The van der Waals surface area contributed by atoms with Gasteiger partial charge in [-0.25, -0.2) is 9.98 Å². The number of amides is 2. The highest BCUT2D eigenvalue weighted by Gasteiger charge is 2.35. The fraction of sp³-hybridized carbons (Fsp3) is 0.0526. The molecule has 1 aliphatic rings. The number of anilines is 2. The van der Waals surface area contributed by atoms with E-state index < -0.39 is 4.92 Å². The van der Waals surface area contributed by atoms with Crippen LogP contribution in [-0.4, -0.2) is 26.9 Å². The maximum Gasteiger partial charge on any atom is 0.283 e. The fourth-order valence-corrected chi connectivity index (χ4v) is 8.95. The summed E-state index contributed by atoms with van der Waals surface area (Å²) in [5, 5.41) is 16.9. The number of aliphatic imine (C=N–C) groups is 1. The van der Waals surface area contributed by atoms with Crippen LogP contribution in [0.2, 0.25) is 15.1 Å². The molecular formula is C38H24Cl3N5O4S3. The van der Waals surface area contributed by atoms with Gasteiger partial charge in [-0.2, -0.15) is 0 Å². The number of aromatic nitrogens is 1. The zero-order valence-corrected chi connectivity index (χ0v) is 32.3. The zero-order chi connectivity index (χ0) is 37.4. The minimum absolute atomic E-state index is 0.142. The Bertz CT molecular complexity index is 2560. The third kappa shape index (κ3) is 7.98. The first kappa shape index (κ1) is 36.7. The number of hydrogen-bond acceptors (Lipinski definition) is 9. The molecule has 0 spiro atoms. The molecule has 1 aliphatic heterocycles. The number of nitro groups is 1. The molecule has 0 saturated carbocycles. The van der Waals surface area contributed by atoms with Crippen molar-refractivity contribution >= 4 is 126 Å². The number of carbonyl (C=O) groups excluding carboxylic acids is 2.